The molecule has 4 rings (SSSR count). The van der Waals surface area contributed by atoms with Crippen molar-refractivity contribution in [3.8, 4) is 5.75 Å². The van der Waals surface area contributed by atoms with E-state index in [2.05, 4.69) is 18.0 Å². The average molecular weight is 352 g/mol. The van der Waals surface area contributed by atoms with Crippen LogP contribution in [0.1, 0.15) is 40.7 Å². The molecule has 0 saturated carbocycles. The van der Waals surface area contributed by atoms with Crippen molar-refractivity contribution in [2.24, 2.45) is 0 Å². The Morgan fingerprint density at radius 3 is 2.80 bits per heavy atom. The summed E-state index contributed by atoms with van der Waals surface area (Å²) in [6, 6.07) is 13.9. The number of carbonyl (C=O) groups is 1. The van der Waals surface area contributed by atoms with Gasteiger partial charge >= 0.3 is 0 Å². The fourth-order valence-electron chi connectivity index (χ4n) is 3.22. The summed E-state index contributed by atoms with van der Waals surface area (Å²) in [4.78, 5) is 19.3. The molecule has 25 heavy (non-hydrogen) atoms. The van der Waals surface area contributed by atoms with Gasteiger partial charge in [0.25, 0.3) is 5.91 Å². The van der Waals surface area contributed by atoms with Gasteiger partial charge in [-0.3, -0.25) is 4.79 Å². The lowest BCUT2D eigenvalue weighted by Gasteiger charge is -2.17. The Hall–Kier alpha value is -2.40. The highest BCUT2D eigenvalue weighted by Crippen LogP contribution is 2.40. The number of para-hydroxylation sites is 2. The molecule has 2 aromatic carbocycles. The first-order valence-electron chi connectivity index (χ1n) is 8.44. The van der Waals surface area contributed by atoms with E-state index in [1.807, 2.05) is 50.4 Å². The van der Waals surface area contributed by atoms with E-state index in [9.17, 15) is 4.79 Å². The minimum atomic E-state index is -0.0302. The van der Waals surface area contributed by atoms with Crippen LogP contribution in [-0.2, 0) is 6.54 Å². The van der Waals surface area contributed by atoms with Gasteiger partial charge in [-0.25, -0.2) is 4.98 Å². The Balaban J connectivity index is 1.59. The molecular weight excluding hydrogens is 332 g/mol. The molecule has 5 heteroatoms. The van der Waals surface area contributed by atoms with Crippen molar-refractivity contribution >= 4 is 27.5 Å². The van der Waals surface area contributed by atoms with E-state index >= 15 is 0 Å². The molecule has 1 aromatic heterocycles. The van der Waals surface area contributed by atoms with Crippen molar-refractivity contribution in [2.45, 2.75) is 32.4 Å². The first-order chi connectivity index (χ1) is 12.0. The highest BCUT2D eigenvalue weighted by atomic mass is 32.1. The molecule has 0 fully saturated rings. The van der Waals surface area contributed by atoms with Crippen LogP contribution in [0, 0.1) is 0 Å². The number of hydrogen-bond acceptors (Lipinski definition) is 4. The normalized spacial score (nSPS) is 18.8. The van der Waals surface area contributed by atoms with Crippen LogP contribution in [-0.4, -0.2) is 28.9 Å². The van der Waals surface area contributed by atoms with Crippen LogP contribution >= 0.6 is 11.3 Å². The zero-order chi connectivity index (χ0) is 17.6. The van der Waals surface area contributed by atoms with Gasteiger partial charge in [0.15, 0.2) is 0 Å². The van der Waals surface area contributed by atoms with Gasteiger partial charge in [-0.2, -0.15) is 0 Å². The van der Waals surface area contributed by atoms with Gasteiger partial charge in [-0.1, -0.05) is 31.2 Å². The first kappa shape index (κ1) is 16.1. The molecule has 1 amide bonds. The number of benzene rings is 2. The Morgan fingerprint density at radius 1 is 1.20 bits per heavy atom. The number of thiazole rings is 1. The summed E-state index contributed by atoms with van der Waals surface area (Å²) < 4.78 is 7.10. The lowest BCUT2D eigenvalue weighted by atomic mass is 9.96. The first-order valence-corrected chi connectivity index (χ1v) is 9.25. The second kappa shape index (κ2) is 6.15. The van der Waals surface area contributed by atoms with Gasteiger partial charge in [0.2, 0.25) is 0 Å². The molecule has 1 aliphatic heterocycles. The average Bonchev–Trinajstić information content (AvgIpc) is 3.14. The largest absolute Gasteiger partial charge is 0.489 e. The van der Waals surface area contributed by atoms with Crippen LogP contribution in [0.2, 0.25) is 0 Å². The van der Waals surface area contributed by atoms with E-state index in [1.54, 1.807) is 16.2 Å². The number of nitrogens with zero attached hydrogens (tertiary/aromatic N) is 2. The zero-order valence-corrected chi connectivity index (χ0v) is 15.3. The Labute approximate surface area is 151 Å². The van der Waals surface area contributed by atoms with Crippen LogP contribution in [0.25, 0.3) is 10.2 Å². The summed E-state index contributed by atoms with van der Waals surface area (Å²) in [5.74, 6) is 1.01. The van der Waals surface area contributed by atoms with Crippen LogP contribution in [0.15, 0.2) is 42.5 Å². The molecule has 0 aliphatic carbocycles. The van der Waals surface area contributed by atoms with E-state index in [0.29, 0.717) is 18.0 Å². The standard InChI is InChI=1S/C20H20N2O2S/c1-12-13(2)24-19-14(12)7-6-8-15(19)20(23)22(3)11-18-21-16-9-4-5-10-17(16)25-18/h4-10,12-13H,11H2,1-3H3/t12-,13+/m0/s1. The van der Waals surface area contributed by atoms with Crippen LogP contribution in [0.3, 0.4) is 0 Å². The van der Waals surface area contributed by atoms with Gasteiger partial charge < -0.3 is 9.64 Å². The fourth-order valence-corrected chi connectivity index (χ4v) is 4.24. The molecule has 0 bridgehead atoms. The van der Waals surface area contributed by atoms with Crippen molar-refractivity contribution in [1.82, 2.24) is 9.88 Å². The zero-order valence-electron chi connectivity index (χ0n) is 14.5. The number of amides is 1. The molecule has 128 valence electrons. The van der Waals surface area contributed by atoms with Gasteiger partial charge in [0.05, 0.1) is 22.3 Å². The SMILES string of the molecule is C[C@@H]1c2cccc(C(=O)N(C)Cc3nc4ccccc4s3)c2O[C@@H]1C. The minimum absolute atomic E-state index is 0.0302. The van der Waals surface area contributed by atoms with Crippen LogP contribution < -0.4 is 4.74 Å². The third-order valence-corrected chi connectivity index (χ3v) is 5.85. The summed E-state index contributed by atoms with van der Waals surface area (Å²) in [5.41, 5.74) is 2.74. The molecule has 3 aromatic rings. The molecule has 0 saturated heterocycles. The van der Waals surface area contributed by atoms with Crippen molar-refractivity contribution < 1.29 is 9.53 Å². The molecule has 2 heterocycles. The quantitative estimate of drug-likeness (QED) is 0.699. The minimum Gasteiger partial charge on any atom is -0.489 e. The third-order valence-electron chi connectivity index (χ3n) is 4.83. The van der Waals surface area contributed by atoms with Gasteiger partial charge in [-0.15, -0.1) is 11.3 Å². The van der Waals surface area contributed by atoms with Gasteiger partial charge in [0.1, 0.15) is 16.9 Å². The van der Waals surface area contributed by atoms with Crippen molar-refractivity contribution in [1.29, 1.82) is 0 Å². The molecule has 0 N–H and O–H groups in total. The summed E-state index contributed by atoms with van der Waals surface area (Å²) in [5, 5.41) is 0.937. The number of ether oxygens (including phenoxy) is 1. The molecule has 1 aliphatic rings. The van der Waals surface area contributed by atoms with E-state index in [4.69, 9.17) is 4.74 Å². The fraction of sp³-hybridized carbons (Fsp3) is 0.300. The van der Waals surface area contributed by atoms with E-state index < -0.39 is 0 Å². The van der Waals surface area contributed by atoms with Crippen LogP contribution in [0.5, 0.6) is 5.75 Å². The maximum Gasteiger partial charge on any atom is 0.257 e. The predicted octanol–water partition coefficient (Wildman–Crippen LogP) is 4.45. The molecule has 0 unspecified atom stereocenters. The lowest BCUT2D eigenvalue weighted by molar-refractivity contribution is 0.0779. The number of rotatable bonds is 3. The number of fused-ring (bicyclic) bond motifs is 2. The molecule has 0 spiro atoms. The summed E-state index contributed by atoms with van der Waals surface area (Å²) in [7, 11) is 1.82. The van der Waals surface area contributed by atoms with Gasteiger partial charge in [-0.05, 0) is 25.1 Å². The molecule has 4 nitrogen and oxygen atoms in total. The summed E-state index contributed by atoms with van der Waals surface area (Å²) in [6.45, 7) is 4.67. The summed E-state index contributed by atoms with van der Waals surface area (Å²) in [6.07, 6.45) is 0.0958. The van der Waals surface area contributed by atoms with E-state index in [-0.39, 0.29) is 12.0 Å². The molecule has 2 atom stereocenters. The Kier molecular flexibility index (Phi) is 3.96. The second-order valence-electron chi connectivity index (χ2n) is 6.57. The highest BCUT2D eigenvalue weighted by Gasteiger charge is 2.31. The van der Waals surface area contributed by atoms with Crippen molar-refractivity contribution in [3.63, 3.8) is 0 Å². The second-order valence-corrected chi connectivity index (χ2v) is 7.69. The number of aromatic nitrogens is 1. The van der Waals surface area contributed by atoms with Gasteiger partial charge in [0, 0.05) is 18.5 Å². The highest BCUT2D eigenvalue weighted by molar-refractivity contribution is 7.18. The molecular formula is C20H20N2O2S. The number of carbonyl (C=O) groups excluding carboxylic acids is 1. The van der Waals surface area contributed by atoms with Crippen molar-refractivity contribution in [2.75, 3.05) is 7.05 Å². The van der Waals surface area contributed by atoms with E-state index in [0.717, 1.165) is 26.5 Å². The Morgan fingerprint density at radius 2 is 2.00 bits per heavy atom. The van der Waals surface area contributed by atoms with E-state index in [1.165, 1.54) is 0 Å². The van der Waals surface area contributed by atoms with Crippen LogP contribution in [0.4, 0.5) is 0 Å². The maximum absolute atomic E-state index is 13.0. The monoisotopic (exact) mass is 352 g/mol. The summed E-state index contributed by atoms with van der Waals surface area (Å²) >= 11 is 1.63. The topological polar surface area (TPSA) is 42.4 Å². The lowest BCUT2D eigenvalue weighted by Crippen LogP contribution is -2.26. The maximum atomic E-state index is 13.0. The smallest absolute Gasteiger partial charge is 0.257 e. The third kappa shape index (κ3) is 2.78. The number of hydrogen-bond donors (Lipinski definition) is 0. The van der Waals surface area contributed by atoms with Crippen molar-refractivity contribution in [3.05, 3.63) is 58.6 Å². The molecule has 0 radical (unpaired) electrons. The Bertz CT molecular complexity index is 917. The predicted molar refractivity (Wildman–Crippen MR) is 100 cm³/mol.